The summed E-state index contributed by atoms with van der Waals surface area (Å²) in [6, 6.07) is 11.4. The highest BCUT2D eigenvalue weighted by molar-refractivity contribution is 7.54. The van der Waals surface area contributed by atoms with Crippen molar-refractivity contribution in [2.75, 3.05) is 18.5 Å². The quantitative estimate of drug-likeness (QED) is 0.368. The number of nitrogens with zero attached hydrogens (tertiary/aromatic N) is 1. The van der Waals surface area contributed by atoms with Gasteiger partial charge in [0.1, 0.15) is 5.82 Å². The van der Waals surface area contributed by atoms with Crippen molar-refractivity contribution in [3.8, 4) is 0 Å². The molecule has 0 amide bonds. The molecule has 0 fully saturated rings. The number of rotatable bonds is 9. The van der Waals surface area contributed by atoms with Gasteiger partial charge in [-0.15, -0.1) is 0 Å². The Bertz CT molecular complexity index is 807. The van der Waals surface area contributed by atoms with Gasteiger partial charge in [0.25, 0.3) is 5.69 Å². The largest absolute Gasteiger partial charge is 0.368 e. The minimum Gasteiger partial charge on any atom is -0.368 e. The van der Waals surface area contributed by atoms with Crippen molar-refractivity contribution in [2.45, 2.75) is 19.6 Å². The lowest BCUT2D eigenvalue weighted by Gasteiger charge is -2.28. The zero-order valence-corrected chi connectivity index (χ0v) is 15.3. The highest BCUT2D eigenvalue weighted by Crippen LogP contribution is 2.61. The Kier molecular flexibility index (Phi) is 6.85. The molecule has 26 heavy (non-hydrogen) atoms. The number of anilines is 1. The van der Waals surface area contributed by atoms with E-state index < -0.39 is 24.1 Å². The molecule has 0 radical (unpaired) electrons. The van der Waals surface area contributed by atoms with E-state index in [-0.39, 0.29) is 24.5 Å². The van der Waals surface area contributed by atoms with Crippen molar-refractivity contribution in [3.63, 3.8) is 0 Å². The minimum absolute atomic E-state index is 0.0873. The van der Waals surface area contributed by atoms with Gasteiger partial charge in [0, 0.05) is 23.4 Å². The fourth-order valence-corrected chi connectivity index (χ4v) is 4.39. The van der Waals surface area contributed by atoms with Crippen molar-refractivity contribution < 1.29 is 22.9 Å². The zero-order chi connectivity index (χ0) is 19.2. The smallest absolute Gasteiger partial charge is 0.357 e. The number of benzene rings is 2. The number of halogens is 1. The number of nitro groups is 1. The van der Waals surface area contributed by atoms with Crippen LogP contribution in [0.4, 0.5) is 15.8 Å². The number of hydrogen-bond donors (Lipinski definition) is 1. The van der Waals surface area contributed by atoms with E-state index in [4.69, 9.17) is 9.05 Å². The van der Waals surface area contributed by atoms with Crippen LogP contribution in [-0.4, -0.2) is 18.1 Å². The molecule has 1 atom stereocenters. The lowest BCUT2D eigenvalue weighted by Crippen LogP contribution is -2.16. The first-order valence-electron chi connectivity index (χ1n) is 8.05. The molecule has 0 aliphatic carbocycles. The highest BCUT2D eigenvalue weighted by Gasteiger charge is 2.38. The molecule has 2 rings (SSSR count). The van der Waals surface area contributed by atoms with Gasteiger partial charge in [-0.2, -0.15) is 0 Å². The SMILES string of the molecule is CCOP(=O)(OCC)C(Nc1cccc([N+](=O)[O-])c1)c1ccccc1F. The molecule has 0 spiro atoms. The van der Waals surface area contributed by atoms with Crippen molar-refractivity contribution >= 4 is 19.0 Å². The fourth-order valence-electron chi connectivity index (χ4n) is 2.44. The van der Waals surface area contributed by atoms with Crippen molar-refractivity contribution in [3.05, 3.63) is 70.0 Å². The summed E-state index contributed by atoms with van der Waals surface area (Å²) in [7, 11) is -3.80. The van der Waals surface area contributed by atoms with Crippen molar-refractivity contribution in [2.24, 2.45) is 0 Å². The average Bonchev–Trinajstić information content (AvgIpc) is 2.61. The maximum Gasteiger partial charge on any atom is 0.357 e. The number of hydrogen-bond acceptors (Lipinski definition) is 6. The summed E-state index contributed by atoms with van der Waals surface area (Å²) in [5.41, 5.74) is 0.237. The molecule has 0 saturated carbocycles. The lowest BCUT2D eigenvalue weighted by atomic mass is 10.2. The summed E-state index contributed by atoms with van der Waals surface area (Å²) in [4.78, 5) is 10.4. The van der Waals surface area contributed by atoms with Crippen LogP contribution in [0.3, 0.4) is 0 Å². The summed E-state index contributed by atoms with van der Waals surface area (Å²) in [6.45, 7) is 3.49. The number of non-ortho nitro benzene ring substituents is 1. The first-order valence-corrected chi connectivity index (χ1v) is 9.66. The molecule has 0 aliphatic heterocycles. The third kappa shape index (κ3) is 4.66. The van der Waals surface area contributed by atoms with E-state index >= 15 is 0 Å². The van der Waals surface area contributed by atoms with Gasteiger partial charge in [-0.05, 0) is 26.0 Å². The maximum absolute atomic E-state index is 14.4. The van der Waals surface area contributed by atoms with Crippen LogP contribution in [0.25, 0.3) is 0 Å². The van der Waals surface area contributed by atoms with Gasteiger partial charge in [-0.3, -0.25) is 14.7 Å². The molecule has 2 aromatic carbocycles. The Morgan fingerprint density at radius 1 is 1.15 bits per heavy atom. The Morgan fingerprint density at radius 3 is 2.38 bits per heavy atom. The summed E-state index contributed by atoms with van der Waals surface area (Å²) < 4.78 is 38.4. The Balaban J connectivity index is 2.50. The van der Waals surface area contributed by atoms with Gasteiger partial charge < -0.3 is 14.4 Å². The van der Waals surface area contributed by atoms with Crippen LogP contribution in [0, 0.1) is 15.9 Å². The molecule has 1 N–H and O–H groups in total. The predicted molar refractivity (Wildman–Crippen MR) is 96.7 cm³/mol. The van der Waals surface area contributed by atoms with E-state index in [0.717, 1.165) is 0 Å². The molecule has 140 valence electrons. The van der Waals surface area contributed by atoms with Gasteiger partial charge in [0.2, 0.25) is 0 Å². The van der Waals surface area contributed by atoms with E-state index in [2.05, 4.69) is 5.32 Å². The van der Waals surface area contributed by atoms with E-state index in [0.29, 0.717) is 5.69 Å². The van der Waals surface area contributed by atoms with Gasteiger partial charge in [0.15, 0.2) is 5.78 Å². The Morgan fingerprint density at radius 2 is 1.81 bits per heavy atom. The summed E-state index contributed by atoms with van der Waals surface area (Å²) in [5, 5.41) is 13.9. The molecule has 1 unspecified atom stereocenters. The standard InChI is InChI=1S/C17H20FN2O5P/c1-3-24-26(23,25-4-2)17(15-10-5-6-11-16(15)18)19-13-8-7-9-14(12-13)20(21)22/h5-12,17,19H,3-4H2,1-2H3. The number of nitro benzene ring substituents is 1. The van der Waals surface area contributed by atoms with Crippen LogP contribution < -0.4 is 5.32 Å². The first-order chi connectivity index (χ1) is 12.4. The van der Waals surface area contributed by atoms with Gasteiger partial charge in [-0.1, -0.05) is 24.3 Å². The van der Waals surface area contributed by atoms with Gasteiger partial charge in [-0.25, -0.2) is 4.39 Å². The second-order valence-electron chi connectivity index (χ2n) is 5.25. The monoisotopic (exact) mass is 382 g/mol. The molecule has 0 aromatic heterocycles. The van der Waals surface area contributed by atoms with Gasteiger partial charge in [0.05, 0.1) is 18.1 Å². The van der Waals surface area contributed by atoms with E-state index in [1.807, 2.05) is 0 Å². The molecule has 0 aliphatic rings. The molecule has 7 nitrogen and oxygen atoms in total. The molecule has 0 heterocycles. The van der Waals surface area contributed by atoms with E-state index in [1.54, 1.807) is 26.0 Å². The third-order valence-corrected chi connectivity index (χ3v) is 5.77. The Labute approximate surface area is 150 Å². The molecule has 9 heteroatoms. The molecule has 0 bridgehead atoms. The Hall–Kier alpha value is -2.28. The zero-order valence-electron chi connectivity index (χ0n) is 14.4. The summed E-state index contributed by atoms with van der Waals surface area (Å²) in [5.74, 6) is -1.75. The fraction of sp³-hybridized carbons (Fsp3) is 0.294. The van der Waals surface area contributed by atoms with Crippen LogP contribution in [0.2, 0.25) is 0 Å². The number of nitrogens with one attached hydrogen (secondary N) is 1. The van der Waals surface area contributed by atoms with Gasteiger partial charge >= 0.3 is 7.60 Å². The van der Waals surface area contributed by atoms with Crippen LogP contribution in [-0.2, 0) is 13.6 Å². The second kappa shape index (κ2) is 8.89. The highest BCUT2D eigenvalue weighted by atomic mass is 31.2. The molecule has 0 saturated heterocycles. The lowest BCUT2D eigenvalue weighted by molar-refractivity contribution is -0.384. The van der Waals surface area contributed by atoms with Crippen molar-refractivity contribution in [1.29, 1.82) is 0 Å². The van der Waals surface area contributed by atoms with E-state index in [1.165, 1.54) is 36.4 Å². The predicted octanol–water partition coefficient (Wildman–Crippen LogP) is 5.11. The average molecular weight is 382 g/mol. The van der Waals surface area contributed by atoms with Crippen LogP contribution in [0.1, 0.15) is 25.2 Å². The van der Waals surface area contributed by atoms with E-state index in [9.17, 15) is 19.1 Å². The summed E-state index contributed by atoms with van der Waals surface area (Å²) in [6.07, 6.45) is 0. The first kappa shape index (κ1) is 20.0. The summed E-state index contributed by atoms with van der Waals surface area (Å²) >= 11 is 0. The molecule has 2 aromatic rings. The second-order valence-corrected chi connectivity index (χ2v) is 7.36. The topological polar surface area (TPSA) is 90.7 Å². The minimum atomic E-state index is -3.80. The normalized spacial score (nSPS) is 12.6. The van der Waals surface area contributed by atoms with Crippen LogP contribution in [0.5, 0.6) is 0 Å². The van der Waals surface area contributed by atoms with Crippen LogP contribution >= 0.6 is 7.60 Å². The van der Waals surface area contributed by atoms with Crippen LogP contribution in [0.15, 0.2) is 48.5 Å². The maximum atomic E-state index is 14.4. The molecular weight excluding hydrogens is 362 g/mol. The molecular formula is C17H20FN2O5P. The van der Waals surface area contributed by atoms with Crippen molar-refractivity contribution in [1.82, 2.24) is 0 Å². The third-order valence-electron chi connectivity index (χ3n) is 3.49.